The quantitative estimate of drug-likeness (QED) is 0.372. The highest BCUT2D eigenvalue weighted by Gasteiger charge is 2.29. The van der Waals surface area contributed by atoms with Gasteiger partial charge in [0.1, 0.15) is 11.9 Å². The lowest BCUT2D eigenvalue weighted by Gasteiger charge is -2.33. The minimum atomic E-state index is -0.967. The van der Waals surface area contributed by atoms with Crippen molar-refractivity contribution < 1.29 is 24.2 Å². The predicted octanol–water partition coefficient (Wildman–Crippen LogP) is 4.25. The maximum atomic E-state index is 12.6. The molecule has 1 aliphatic rings. The zero-order valence-electron chi connectivity index (χ0n) is 22.6. The van der Waals surface area contributed by atoms with Gasteiger partial charge in [-0.15, -0.1) is 0 Å². The number of carbonyl (C=O) groups excluding carboxylic acids is 1. The number of carboxylic acids is 1. The average molecular weight is 534 g/mol. The summed E-state index contributed by atoms with van der Waals surface area (Å²) in [6.45, 7) is 7.21. The molecule has 1 saturated heterocycles. The second-order valence-corrected chi connectivity index (χ2v) is 10.0. The third kappa shape index (κ3) is 7.22. The molecule has 1 aliphatic heterocycles. The van der Waals surface area contributed by atoms with Gasteiger partial charge in [0.15, 0.2) is 11.6 Å². The summed E-state index contributed by atoms with van der Waals surface area (Å²) >= 11 is 0. The number of amides is 1. The lowest BCUT2D eigenvalue weighted by atomic mass is 9.84. The summed E-state index contributed by atoms with van der Waals surface area (Å²) in [5.74, 6) is 1.12. The van der Waals surface area contributed by atoms with Crippen molar-refractivity contribution in [3.63, 3.8) is 0 Å². The minimum absolute atomic E-state index is 0.0830. The lowest BCUT2D eigenvalue weighted by molar-refractivity contribution is -0.142. The third-order valence-corrected chi connectivity index (χ3v) is 6.76. The topological polar surface area (TPSA) is 127 Å². The van der Waals surface area contributed by atoms with Crippen molar-refractivity contribution in [3.05, 3.63) is 66.1 Å². The first-order valence-electron chi connectivity index (χ1n) is 13.2. The molecule has 1 fully saturated rings. The van der Waals surface area contributed by atoms with Gasteiger partial charge in [-0.1, -0.05) is 24.3 Å². The summed E-state index contributed by atoms with van der Waals surface area (Å²) in [4.78, 5) is 39.4. The van der Waals surface area contributed by atoms with E-state index in [9.17, 15) is 14.7 Å². The van der Waals surface area contributed by atoms with Crippen molar-refractivity contribution >= 4 is 23.5 Å². The summed E-state index contributed by atoms with van der Waals surface area (Å²) in [5, 5.41) is 12.2. The predicted molar refractivity (Wildman–Crippen MR) is 147 cm³/mol. The molecule has 0 radical (unpaired) electrons. The Labute approximate surface area is 228 Å². The minimum Gasteiger partial charge on any atom is -0.488 e. The number of nitrogens with zero attached hydrogens (tertiary/aromatic N) is 4. The second kappa shape index (κ2) is 12.6. The Bertz CT molecular complexity index is 1280. The van der Waals surface area contributed by atoms with Gasteiger partial charge in [-0.05, 0) is 63.3 Å². The lowest BCUT2D eigenvalue weighted by Crippen LogP contribution is -2.41. The maximum Gasteiger partial charge on any atom is 0.313 e. The Morgan fingerprint density at radius 1 is 1.18 bits per heavy atom. The fraction of sp³-hybridized carbons (Fsp3) is 0.414. The van der Waals surface area contributed by atoms with Crippen LogP contribution in [0.2, 0.25) is 0 Å². The van der Waals surface area contributed by atoms with Crippen LogP contribution >= 0.6 is 0 Å². The highest BCUT2D eigenvalue weighted by atomic mass is 16.5. The first-order valence-corrected chi connectivity index (χ1v) is 13.2. The van der Waals surface area contributed by atoms with Crippen molar-refractivity contribution in [2.24, 2.45) is 0 Å². The van der Waals surface area contributed by atoms with Crippen molar-refractivity contribution in [1.82, 2.24) is 15.0 Å². The molecule has 2 N–H and O–H groups in total. The molecule has 1 amide bonds. The molecule has 0 aliphatic carbocycles. The van der Waals surface area contributed by atoms with E-state index in [1.165, 1.54) is 6.20 Å². The fourth-order valence-corrected chi connectivity index (χ4v) is 4.37. The molecule has 0 spiro atoms. The number of ether oxygens (including phenoxy) is 2. The highest BCUT2D eigenvalue weighted by molar-refractivity contribution is 5.89. The van der Waals surface area contributed by atoms with Gasteiger partial charge >= 0.3 is 5.97 Å². The third-order valence-electron chi connectivity index (χ3n) is 6.76. The smallest absolute Gasteiger partial charge is 0.313 e. The molecule has 4 rings (SSSR count). The Morgan fingerprint density at radius 3 is 2.72 bits per heavy atom. The number of anilines is 2. The van der Waals surface area contributed by atoms with E-state index >= 15 is 0 Å². The highest BCUT2D eigenvalue weighted by Crippen LogP contribution is 2.28. The molecule has 1 unspecified atom stereocenters. The van der Waals surface area contributed by atoms with E-state index in [1.807, 2.05) is 31.2 Å². The Kier molecular flexibility index (Phi) is 8.96. The molecule has 1 aromatic carbocycles. The molecule has 39 heavy (non-hydrogen) atoms. The molecule has 206 valence electrons. The molecule has 3 heterocycles. The molecular formula is C29H35N5O5. The van der Waals surface area contributed by atoms with E-state index in [-0.39, 0.29) is 18.4 Å². The SMILES string of the molecule is CCOc1cccnc1OC1CCCN(c2cncc(NC(=O)CCc3ccc(C(C)(C)C(=O)O)cc3)n2)C1. The normalized spacial score (nSPS) is 15.5. The van der Waals surface area contributed by atoms with E-state index in [0.717, 1.165) is 30.5 Å². The number of piperidine rings is 1. The molecular weight excluding hydrogens is 498 g/mol. The first kappa shape index (κ1) is 27.8. The monoisotopic (exact) mass is 533 g/mol. The number of pyridine rings is 1. The Hall–Kier alpha value is -4.21. The zero-order valence-corrected chi connectivity index (χ0v) is 22.6. The van der Waals surface area contributed by atoms with Crippen LogP contribution in [0.5, 0.6) is 11.6 Å². The van der Waals surface area contributed by atoms with E-state index < -0.39 is 11.4 Å². The number of hydrogen-bond donors (Lipinski definition) is 2. The standard InChI is InChI=1S/C29H35N5O5/c1-4-38-23-8-5-15-31-27(23)39-22-7-6-16-34(19-22)25-18-30-17-24(32-25)33-26(35)14-11-20-9-12-21(13-10-20)29(2,3)28(36)37/h5,8-10,12-13,15,17-18,22H,4,6-7,11,14,16,19H2,1-3H3,(H,36,37)(H,32,33,35). The molecule has 10 heteroatoms. The van der Waals surface area contributed by atoms with Crippen LogP contribution in [0.15, 0.2) is 55.0 Å². The molecule has 1 atom stereocenters. The Balaban J connectivity index is 1.32. The van der Waals surface area contributed by atoms with Crippen LogP contribution in [0.4, 0.5) is 11.6 Å². The Morgan fingerprint density at radius 2 is 1.97 bits per heavy atom. The largest absolute Gasteiger partial charge is 0.488 e. The van der Waals surface area contributed by atoms with E-state index in [2.05, 4.69) is 25.2 Å². The van der Waals surface area contributed by atoms with Crippen molar-refractivity contribution in [2.45, 2.75) is 58.0 Å². The number of aliphatic carboxylic acids is 1. The van der Waals surface area contributed by atoms with Gasteiger partial charge < -0.3 is 24.8 Å². The van der Waals surface area contributed by atoms with Gasteiger partial charge in [-0.25, -0.2) is 9.97 Å². The summed E-state index contributed by atoms with van der Waals surface area (Å²) in [7, 11) is 0. The molecule has 0 saturated carbocycles. The first-order chi connectivity index (χ1) is 18.8. The number of nitrogens with one attached hydrogen (secondary N) is 1. The number of benzene rings is 1. The van der Waals surface area contributed by atoms with Crippen LogP contribution in [-0.4, -0.2) is 57.7 Å². The van der Waals surface area contributed by atoms with Gasteiger partial charge in [0.25, 0.3) is 5.88 Å². The van der Waals surface area contributed by atoms with E-state index in [4.69, 9.17) is 9.47 Å². The van der Waals surface area contributed by atoms with Crippen LogP contribution in [0.3, 0.4) is 0 Å². The van der Waals surface area contributed by atoms with Crippen molar-refractivity contribution in [3.8, 4) is 11.6 Å². The average Bonchev–Trinajstić information content (AvgIpc) is 2.93. The van der Waals surface area contributed by atoms with Gasteiger partial charge in [-0.2, -0.15) is 0 Å². The number of carbonyl (C=O) groups is 2. The number of rotatable bonds is 11. The van der Waals surface area contributed by atoms with Gasteiger partial charge in [-0.3, -0.25) is 14.6 Å². The molecule has 10 nitrogen and oxygen atoms in total. The van der Waals surface area contributed by atoms with Crippen LogP contribution in [0.25, 0.3) is 0 Å². The van der Waals surface area contributed by atoms with Crippen LogP contribution in [-0.2, 0) is 21.4 Å². The van der Waals surface area contributed by atoms with Gasteiger partial charge in [0, 0.05) is 19.2 Å². The van der Waals surface area contributed by atoms with Crippen molar-refractivity contribution in [2.75, 3.05) is 29.9 Å². The summed E-state index contributed by atoms with van der Waals surface area (Å²) in [6.07, 6.45) is 7.41. The maximum absolute atomic E-state index is 12.6. The number of hydrogen-bond acceptors (Lipinski definition) is 8. The molecule has 2 aromatic heterocycles. The second-order valence-electron chi connectivity index (χ2n) is 10.0. The zero-order chi connectivity index (χ0) is 27.8. The number of aromatic nitrogens is 3. The summed E-state index contributed by atoms with van der Waals surface area (Å²) in [5.41, 5.74) is 0.704. The van der Waals surface area contributed by atoms with Gasteiger partial charge in [0.2, 0.25) is 5.91 Å². The van der Waals surface area contributed by atoms with E-state index in [0.29, 0.717) is 42.8 Å². The number of aryl methyl sites for hydroxylation is 1. The van der Waals surface area contributed by atoms with Gasteiger partial charge in [0.05, 0.1) is 31.0 Å². The number of carboxylic acid groups (broad SMARTS) is 1. The summed E-state index contributed by atoms with van der Waals surface area (Å²) < 4.78 is 11.8. The van der Waals surface area contributed by atoms with E-state index in [1.54, 1.807) is 38.4 Å². The summed E-state index contributed by atoms with van der Waals surface area (Å²) in [6, 6.07) is 11.0. The fourth-order valence-electron chi connectivity index (χ4n) is 4.37. The van der Waals surface area contributed by atoms with Crippen LogP contribution < -0.4 is 19.7 Å². The van der Waals surface area contributed by atoms with Crippen LogP contribution in [0, 0.1) is 0 Å². The molecule has 3 aromatic rings. The molecule has 0 bridgehead atoms. The van der Waals surface area contributed by atoms with Crippen LogP contribution in [0.1, 0.15) is 51.2 Å². The van der Waals surface area contributed by atoms with Crippen molar-refractivity contribution in [1.29, 1.82) is 0 Å².